The average Bonchev–Trinajstić information content (AvgIpc) is 3.08. The number of rotatable bonds is 1. The molecule has 2 aliphatic heterocycles. The molecular formula is C21H18O5. The number of benzene rings is 2. The van der Waals surface area contributed by atoms with Gasteiger partial charge in [-0.05, 0) is 26.0 Å². The first-order chi connectivity index (χ1) is 12.5. The standard InChI is InChI=1S/C21H18O5/c1-21(2)19(23)17-16-14(25-20(17)26-21)9-8-12-13(22)10-15(24-18(12)16)11-6-4-3-5-7-11/h3-10,17,19-20,23H,1-2H3/t17-,19-,20+/m1/s1. The van der Waals surface area contributed by atoms with Gasteiger partial charge in [-0.25, -0.2) is 0 Å². The highest BCUT2D eigenvalue weighted by Gasteiger charge is 2.55. The van der Waals surface area contributed by atoms with E-state index in [-0.39, 0.29) is 5.43 Å². The Morgan fingerprint density at radius 3 is 2.62 bits per heavy atom. The molecule has 1 saturated heterocycles. The van der Waals surface area contributed by atoms with E-state index in [1.807, 2.05) is 44.2 Å². The summed E-state index contributed by atoms with van der Waals surface area (Å²) in [4.78, 5) is 12.7. The van der Waals surface area contributed by atoms with Gasteiger partial charge in [-0.1, -0.05) is 30.3 Å². The number of aliphatic hydroxyl groups excluding tert-OH is 1. The third-order valence-corrected chi connectivity index (χ3v) is 5.30. The first-order valence-corrected chi connectivity index (χ1v) is 8.64. The molecule has 5 nitrogen and oxygen atoms in total. The highest BCUT2D eigenvalue weighted by atomic mass is 16.7. The molecule has 5 rings (SSSR count). The predicted molar refractivity (Wildman–Crippen MR) is 96.2 cm³/mol. The molecule has 3 heterocycles. The smallest absolute Gasteiger partial charge is 0.210 e. The van der Waals surface area contributed by atoms with Crippen molar-refractivity contribution < 1.29 is 19.0 Å². The van der Waals surface area contributed by atoms with E-state index in [0.29, 0.717) is 28.0 Å². The van der Waals surface area contributed by atoms with Crippen LogP contribution in [0.25, 0.3) is 22.3 Å². The second-order valence-corrected chi connectivity index (χ2v) is 7.37. The minimum atomic E-state index is -0.759. The van der Waals surface area contributed by atoms with E-state index in [9.17, 15) is 9.90 Å². The molecule has 0 unspecified atom stereocenters. The second kappa shape index (κ2) is 5.19. The van der Waals surface area contributed by atoms with E-state index in [1.165, 1.54) is 6.07 Å². The van der Waals surface area contributed by atoms with Crippen LogP contribution in [0.4, 0.5) is 0 Å². The largest absolute Gasteiger partial charge is 0.464 e. The fraction of sp³-hybridized carbons (Fsp3) is 0.286. The van der Waals surface area contributed by atoms with Crippen molar-refractivity contribution in [2.75, 3.05) is 0 Å². The minimum absolute atomic E-state index is 0.121. The van der Waals surface area contributed by atoms with Crippen LogP contribution in [0, 0.1) is 0 Å². The molecule has 1 N–H and O–H groups in total. The second-order valence-electron chi connectivity index (χ2n) is 7.37. The molecule has 0 aliphatic carbocycles. The van der Waals surface area contributed by atoms with Gasteiger partial charge >= 0.3 is 0 Å². The Balaban J connectivity index is 1.77. The number of aliphatic hydroxyl groups is 1. The summed E-state index contributed by atoms with van der Waals surface area (Å²) in [7, 11) is 0. The van der Waals surface area contributed by atoms with E-state index < -0.39 is 23.9 Å². The zero-order chi connectivity index (χ0) is 18.1. The zero-order valence-electron chi connectivity index (χ0n) is 14.4. The topological polar surface area (TPSA) is 68.9 Å². The summed E-state index contributed by atoms with van der Waals surface area (Å²) in [6, 6.07) is 14.4. The molecule has 1 fully saturated rings. The van der Waals surface area contributed by atoms with Gasteiger partial charge in [0.25, 0.3) is 0 Å². The van der Waals surface area contributed by atoms with Crippen LogP contribution >= 0.6 is 0 Å². The van der Waals surface area contributed by atoms with Gasteiger partial charge in [0.15, 0.2) is 5.43 Å². The van der Waals surface area contributed by atoms with Gasteiger partial charge in [-0.2, -0.15) is 0 Å². The fourth-order valence-corrected chi connectivity index (χ4v) is 3.92. The van der Waals surface area contributed by atoms with Gasteiger partial charge in [0.1, 0.15) is 17.1 Å². The fourth-order valence-electron chi connectivity index (χ4n) is 3.92. The maximum Gasteiger partial charge on any atom is 0.210 e. The lowest BCUT2D eigenvalue weighted by Crippen LogP contribution is -2.34. The number of hydrogen-bond donors (Lipinski definition) is 1. The van der Waals surface area contributed by atoms with Crippen molar-refractivity contribution in [3.63, 3.8) is 0 Å². The molecule has 0 radical (unpaired) electrons. The molecule has 2 aromatic carbocycles. The maximum atomic E-state index is 12.7. The van der Waals surface area contributed by atoms with Crippen LogP contribution in [0.1, 0.15) is 25.3 Å². The molecule has 3 atom stereocenters. The Bertz CT molecular complexity index is 1070. The highest BCUT2D eigenvalue weighted by molar-refractivity contribution is 5.85. The van der Waals surface area contributed by atoms with Gasteiger partial charge in [-0.15, -0.1) is 0 Å². The molecular weight excluding hydrogens is 332 g/mol. The molecule has 3 aromatic rings. The lowest BCUT2D eigenvalue weighted by molar-refractivity contribution is -0.118. The molecule has 26 heavy (non-hydrogen) atoms. The summed E-state index contributed by atoms with van der Waals surface area (Å²) in [5, 5.41) is 11.2. The lowest BCUT2D eigenvalue weighted by Gasteiger charge is -2.24. The zero-order valence-corrected chi connectivity index (χ0v) is 14.4. The van der Waals surface area contributed by atoms with Gasteiger partial charge in [0.05, 0.1) is 23.0 Å². The first-order valence-electron chi connectivity index (χ1n) is 8.64. The van der Waals surface area contributed by atoms with E-state index in [2.05, 4.69) is 0 Å². The normalized spacial score (nSPS) is 25.7. The van der Waals surface area contributed by atoms with Crippen molar-refractivity contribution in [3.8, 4) is 17.1 Å². The van der Waals surface area contributed by atoms with Crippen LogP contribution < -0.4 is 10.2 Å². The summed E-state index contributed by atoms with van der Waals surface area (Å²) < 4.78 is 17.9. The molecule has 2 aliphatic rings. The van der Waals surface area contributed by atoms with Crippen molar-refractivity contribution in [1.82, 2.24) is 0 Å². The Morgan fingerprint density at radius 1 is 1.08 bits per heavy atom. The highest BCUT2D eigenvalue weighted by Crippen LogP contribution is 2.52. The number of ether oxygens (including phenoxy) is 2. The van der Waals surface area contributed by atoms with Crippen molar-refractivity contribution in [2.24, 2.45) is 0 Å². The van der Waals surface area contributed by atoms with E-state index in [4.69, 9.17) is 13.9 Å². The van der Waals surface area contributed by atoms with Crippen molar-refractivity contribution in [2.45, 2.75) is 37.8 Å². The quantitative estimate of drug-likeness (QED) is 0.728. The molecule has 132 valence electrons. The number of hydrogen-bond acceptors (Lipinski definition) is 5. The van der Waals surface area contributed by atoms with Gasteiger partial charge < -0.3 is 19.0 Å². The Morgan fingerprint density at radius 2 is 1.85 bits per heavy atom. The van der Waals surface area contributed by atoms with Crippen LogP contribution in [-0.4, -0.2) is 23.1 Å². The molecule has 1 aromatic heterocycles. The van der Waals surface area contributed by atoms with Crippen LogP contribution in [0.3, 0.4) is 0 Å². The van der Waals surface area contributed by atoms with Crippen LogP contribution in [-0.2, 0) is 4.74 Å². The minimum Gasteiger partial charge on any atom is -0.464 e. The molecule has 0 bridgehead atoms. The van der Waals surface area contributed by atoms with Crippen LogP contribution in [0.5, 0.6) is 5.75 Å². The Kier molecular flexibility index (Phi) is 3.12. The van der Waals surface area contributed by atoms with Crippen molar-refractivity contribution in [3.05, 3.63) is 64.3 Å². The summed E-state index contributed by atoms with van der Waals surface area (Å²) in [5.74, 6) is 0.695. The predicted octanol–water partition coefficient (Wildman–Crippen LogP) is 3.43. The number of fused-ring (bicyclic) bond motifs is 5. The van der Waals surface area contributed by atoms with Gasteiger partial charge in [0, 0.05) is 17.2 Å². The third kappa shape index (κ3) is 2.08. The SMILES string of the molecule is CC1(C)O[C@@H]2Oc3ccc4c(=O)cc(-c5ccccc5)oc4c3[C@@H]2[C@H]1O. The lowest BCUT2D eigenvalue weighted by atomic mass is 9.87. The summed E-state index contributed by atoms with van der Waals surface area (Å²) in [5.41, 5.74) is 1.14. The molecule has 0 spiro atoms. The molecule has 0 saturated carbocycles. The Hall–Kier alpha value is -2.63. The van der Waals surface area contributed by atoms with Crippen molar-refractivity contribution >= 4 is 11.0 Å². The first kappa shape index (κ1) is 15.6. The third-order valence-electron chi connectivity index (χ3n) is 5.30. The summed E-state index contributed by atoms with van der Waals surface area (Å²) in [6.45, 7) is 3.66. The molecule has 0 amide bonds. The maximum absolute atomic E-state index is 12.7. The summed E-state index contributed by atoms with van der Waals surface area (Å²) >= 11 is 0. The van der Waals surface area contributed by atoms with Gasteiger partial charge in [0.2, 0.25) is 6.29 Å². The van der Waals surface area contributed by atoms with Crippen molar-refractivity contribution in [1.29, 1.82) is 0 Å². The van der Waals surface area contributed by atoms with Crippen LogP contribution in [0.2, 0.25) is 0 Å². The Labute approximate surface area is 149 Å². The van der Waals surface area contributed by atoms with Crippen LogP contribution in [0.15, 0.2) is 57.7 Å². The summed E-state index contributed by atoms with van der Waals surface area (Å²) in [6.07, 6.45) is -1.34. The monoisotopic (exact) mass is 350 g/mol. The van der Waals surface area contributed by atoms with Gasteiger partial charge in [-0.3, -0.25) is 4.79 Å². The molecule has 5 heteroatoms. The van der Waals surface area contributed by atoms with E-state index in [0.717, 1.165) is 5.56 Å². The van der Waals surface area contributed by atoms with E-state index in [1.54, 1.807) is 12.1 Å². The average molecular weight is 350 g/mol. The van der Waals surface area contributed by atoms with E-state index >= 15 is 0 Å².